The summed E-state index contributed by atoms with van der Waals surface area (Å²) in [4.78, 5) is 21.2. The van der Waals surface area contributed by atoms with Gasteiger partial charge in [0.1, 0.15) is 12.0 Å². The predicted octanol–water partition coefficient (Wildman–Crippen LogP) is 3.22. The number of pyridine rings is 1. The van der Waals surface area contributed by atoms with Gasteiger partial charge in [-0.1, -0.05) is 6.07 Å². The molecule has 30 heavy (non-hydrogen) atoms. The van der Waals surface area contributed by atoms with Gasteiger partial charge in [0.25, 0.3) is 5.91 Å². The number of oxazole rings is 1. The number of rotatable bonds is 5. The molecule has 0 aromatic carbocycles. The molecule has 1 N–H and O–H groups in total. The van der Waals surface area contributed by atoms with Gasteiger partial charge >= 0.3 is 0 Å². The minimum atomic E-state index is -0.287. The third-order valence-electron chi connectivity index (χ3n) is 5.28. The van der Waals surface area contributed by atoms with Crippen LogP contribution >= 0.6 is 0 Å². The van der Waals surface area contributed by atoms with E-state index in [-0.39, 0.29) is 12.5 Å². The second kappa shape index (κ2) is 7.29. The fourth-order valence-corrected chi connectivity index (χ4v) is 3.89. The molecule has 1 amide bonds. The van der Waals surface area contributed by atoms with Crippen LogP contribution < -0.4 is 5.32 Å². The monoisotopic (exact) mass is 403 g/mol. The van der Waals surface area contributed by atoms with Crippen molar-refractivity contribution in [1.29, 1.82) is 0 Å². The second-order valence-electron chi connectivity index (χ2n) is 7.43. The minimum Gasteiger partial charge on any atom is -0.455 e. The molecule has 0 saturated heterocycles. The molecule has 4 aromatic rings. The van der Waals surface area contributed by atoms with Gasteiger partial charge in [-0.2, -0.15) is 5.10 Å². The van der Waals surface area contributed by atoms with Gasteiger partial charge in [0.05, 0.1) is 30.7 Å². The highest BCUT2D eigenvalue weighted by Crippen LogP contribution is 2.38. The fourth-order valence-electron chi connectivity index (χ4n) is 3.89. The summed E-state index contributed by atoms with van der Waals surface area (Å²) < 4.78 is 13.0. The smallest absolute Gasteiger partial charge is 0.287 e. The zero-order valence-electron chi connectivity index (χ0n) is 16.8. The molecule has 4 heterocycles. The Labute approximate surface area is 172 Å². The first-order valence-corrected chi connectivity index (χ1v) is 9.86. The Morgan fingerprint density at radius 3 is 2.97 bits per heavy atom. The summed E-state index contributed by atoms with van der Waals surface area (Å²) in [5.41, 5.74) is 5.72. The fraction of sp³-hybridized carbons (Fsp3) is 0.273. The normalized spacial score (nSPS) is 12.5. The van der Waals surface area contributed by atoms with Gasteiger partial charge in [-0.15, -0.1) is 0 Å². The molecular formula is C22H21N5O3. The highest BCUT2D eigenvalue weighted by atomic mass is 16.4. The van der Waals surface area contributed by atoms with Crippen LogP contribution in [0.25, 0.3) is 11.3 Å². The van der Waals surface area contributed by atoms with E-state index in [4.69, 9.17) is 13.9 Å². The number of carbonyl (C=O) groups is 1. The molecule has 5 rings (SSSR count). The molecule has 0 spiro atoms. The van der Waals surface area contributed by atoms with Crippen LogP contribution in [-0.2, 0) is 25.9 Å². The molecule has 0 atom stereocenters. The maximum Gasteiger partial charge on any atom is 0.287 e. The van der Waals surface area contributed by atoms with Crippen molar-refractivity contribution in [2.45, 2.75) is 39.8 Å². The summed E-state index contributed by atoms with van der Waals surface area (Å²) in [7, 11) is 0. The maximum atomic E-state index is 12.7. The van der Waals surface area contributed by atoms with Crippen molar-refractivity contribution in [2.75, 3.05) is 0 Å². The van der Waals surface area contributed by atoms with Crippen LogP contribution in [0.1, 0.15) is 44.7 Å². The van der Waals surface area contributed by atoms with Gasteiger partial charge in [0.2, 0.25) is 5.89 Å². The van der Waals surface area contributed by atoms with Crippen LogP contribution in [0.2, 0.25) is 0 Å². The summed E-state index contributed by atoms with van der Waals surface area (Å²) in [6.45, 7) is 4.69. The molecule has 0 saturated carbocycles. The average Bonchev–Trinajstić information content (AvgIpc) is 3.44. The Kier molecular flexibility index (Phi) is 4.46. The number of hydrogen-bond acceptors (Lipinski definition) is 6. The number of nitrogens with zero attached hydrogens (tertiary/aromatic N) is 4. The lowest BCUT2D eigenvalue weighted by molar-refractivity contribution is 0.0917. The minimum absolute atomic E-state index is 0.208. The van der Waals surface area contributed by atoms with Crippen molar-refractivity contribution < 1.29 is 13.6 Å². The molecule has 4 aromatic heterocycles. The van der Waals surface area contributed by atoms with E-state index in [1.807, 2.05) is 36.7 Å². The van der Waals surface area contributed by atoms with Crippen LogP contribution in [0.5, 0.6) is 0 Å². The molecule has 8 heteroatoms. The van der Waals surface area contributed by atoms with Gasteiger partial charge in [0.15, 0.2) is 5.76 Å². The third-order valence-corrected chi connectivity index (χ3v) is 5.28. The number of nitrogens with one attached hydrogen (secondary N) is 1. The summed E-state index contributed by atoms with van der Waals surface area (Å²) >= 11 is 0. The first kappa shape index (κ1) is 18.4. The summed E-state index contributed by atoms with van der Waals surface area (Å²) in [6, 6.07) is 5.98. The largest absolute Gasteiger partial charge is 0.455 e. The Morgan fingerprint density at radius 1 is 1.27 bits per heavy atom. The molecule has 0 unspecified atom stereocenters. The molecule has 0 aliphatic heterocycles. The number of carbonyl (C=O) groups excluding carboxylic acids is 1. The van der Waals surface area contributed by atoms with E-state index >= 15 is 0 Å². The molecule has 152 valence electrons. The van der Waals surface area contributed by atoms with Crippen LogP contribution in [0.15, 0.2) is 45.7 Å². The second-order valence-corrected chi connectivity index (χ2v) is 7.43. The van der Waals surface area contributed by atoms with E-state index < -0.39 is 0 Å². The Hall–Kier alpha value is -3.68. The first-order chi connectivity index (χ1) is 14.6. The van der Waals surface area contributed by atoms with Crippen LogP contribution in [0, 0.1) is 13.8 Å². The summed E-state index contributed by atoms with van der Waals surface area (Å²) in [6.07, 6.45) is 6.65. The van der Waals surface area contributed by atoms with Gasteiger partial charge in [0, 0.05) is 29.4 Å². The standard InChI is InChI=1S/C22H21N5O3/c1-13-4-3-5-16(25-13)12-27-11-15-6-7-17-19(20(15)26-27)14(2)21(30-17)22(28)24-10-18-23-8-9-29-18/h3-5,8-9,11H,6-7,10,12H2,1-2H3,(H,24,28). The van der Waals surface area contributed by atoms with Crippen LogP contribution in [0.3, 0.4) is 0 Å². The molecule has 0 fully saturated rings. The number of aryl methyl sites for hydroxylation is 3. The van der Waals surface area contributed by atoms with Crippen LogP contribution in [-0.4, -0.2) is 25.7 Å². The molecule has 1 aliphatic rings. The summed E-state index contributed by atoms with van der Waals surface area (Å²) in [5.74, 6) is 1.28. The molecule has 0 bridgehead atoms. The van der Waals surface area contributed by atoms with E-state index in [0.717, 1.165) is 52.4 Å². The Morgan fingerprint density at radius 2 is 2.17 bits per heavy atom. The van der Waals surface area contributed by atoms with Crippen molar-refractivity contribution in [1.82, 2.24) is 25.1 Å². The zero-order chi connectivity index (χ0) is 20.7. The number of aromatic nitrogens is 4. The molecule has 1 aliphatic carbocycles. The van der Waals surface area contributed by atoms with E-state index in [2.05, 4.69) is 21.5 Å². The van der Waals surface area contributed by atoms with Crippen LogP contribution in [0.4, 0.5) is 0 Å². The van der Waals surface area contributed by atoms with Gasteiger partial charge in [-0.3, -0.25) is 14.5 Å². The topological polar surface area (TPSA) is 99.0 Å². The average molecular weight is 403 g/mol. The van der Waals surface area contributed by atoms with E-state index in [0.29, 0.717) is 18.2 Å². The lowest BCUT2D eigenvalue weighted by Crippen LogP contribution is -2.23. The molecule has 8 nitrogen and oxygen atoms in total. The highest BCUT2D eigenvalue weighted by Gasteiger charge is 2.29. The SMILES string of the molecule is Cc1cccc(Cn2cc3c(n2)-c2c(oc(C(=O)NCc4ncco4)c2C)CC3)n1. The number of fused-ring (bicyclic) bond motifs is 3. The molecular weight excluding hydrogens is 382 g/mol. The highest BCUT2D eigenvalue weighted by molar-refractivity contribution is 5.95. The molecule has 0 radical (unpaired) electrons. The van der Waals surface area contributed by atoms with Gasteiger partial charge < -0.3 is 14.2 Å². The number of hydrogen-bond donors (Lipinski definition) is 1. The van der Waals surface area contributed by atoms with E-state index in [1.165, 1.54) is 6.26 Å². The van der Waals surface area contributed by atoms with Gasteiger partial charge in [-0.05, 0) is 38.0 Å². The first-order valence-electron chi connectivity index (χ1n) is 9.86. The van der Waals surface area contributed by atoms with Crippen molar-refractivity contribution >= 4 is 5.91 Å². The zero-order valence-corrected chi connectivity index (χ0v) is 16.8. The number of furan rings is 1. The van der Waals surface area contributed by atoms with Crippen molar-refractivity contribution in [3.63, 3.8) is 0 Å². The Bertz CT molecular complexity index is 1220. The lowest BCUT2D eigenvalue weighted by Gasteiger charge is -2.09. The lowest BCUT2D eigenvalue weighted by atomic mass is 9.93. The van der Waals surface area contributed by atoms with Crippen molar-refractivity contribution in [3.05, 3.63) is 76.8 Å². The third kappa shape index (κ3) is 3.30. The maximum absolute atomic E-state index is 12.7. The van der Waals surface area contributed by atoms with E-state index in [9.17, 15) is 4.79 Å². The Balaban J connectivity index is 1.41. The predicted molar refractivity (Wildman–Crippen MR) is 108 cm³/mol. The van der Waals surface area contributed by atoms with E-state index in [1.54, 1.807) is 6.20 Å². The number of amides is 1. The van der Waals surface area contributed by atoms with Crippen molar-refractivity contribution in [2.24, 2.45) is 0 Å². The van der Waals surface area contributed by atoms with Crippen molar-refractivity contribution in [3.8, 4) is 11.3 Å². The van der Waals surface area contributed by atoms with Gasteiger partial charge in [-0.25, -0.2) is 4.98 Å². The quantitative estimate of drug-likeness (QED) is 0.549. The summed E-state index contributed by atoms with van der Waals surface area (Å²) in [5, 5.41) is 7.59.